The number of aromatic nitrogens is 2. The predicted molar refractivity (Wildman–Crippen MR) is 73.4 cm³/mol. The van der Waals surface area contributed by atoms with E-state index in [1.54, 1.807) is 30.6 Å². The molecule has 6 heteroatoms. The zero-order chi connectivity index (χ0) is 14.4. The number of benzene rings is 1. The van der Waals surface area contributed by atoms with Crippen molar-refractivity contribution in [2.75, 3.05) is 0 Å². The van der Waals surface area contributed by atoms with Crippen LogP contribution in [0.5, 0.6) is 0 Å². The van der Waals surface area contributed by atoms with E-state index in [9.17, 15) is 9.59 Å². The van der Waals surface area contributed by atoms with Crippen LogP contribution in [0.3, 0.4) is 0 Å². The van der Waals surface area contributed by atoms with E-state index < -0.39 is 11.9 Å². The average Bonchev–Trinajstić information content (AvgIpc) is 2.48. The van der Waals surface area contributed by atoms with Gasteiger partial charge in [0.2, 0.25) is 0 Å². The topological polar surface area (TPSA) is 98.3 Å². The molecule has 0 aliphatic carbocycles. The molecule has 0 saturated carbocycles. The van der Waals surface area contributed by atoms with Crippen molar-refractivity contribution in [1.29, 1.82) is 0 Å². The molecule has 20 heavy (non-hydrogen) atoms. The molecule has 2 N–H and O–H groups in total. The lowest BCUT2D eigenvalue weighted by molar-refractivity contribution is -0.102. The van der Waals surface area contributed by atoms with Crippen LogP contribution in [0.4, 0.5) is 4.79 Å². The highest BCUT2D eigenvalue weighted by Crippen LogP contribution is 2.22. The van der Waals surface area contributed by atoms with Crippen LogP contribution in [-0.2, 0) is 4.79 Å². The molecule has 1 aromatic carbocycles. The second-order valence-corrected chi connectivity index (χ2v) is 3.94. The minimum Gasteiger partial charge on any atom is -0.350 e. The monoisotopic (exact) mass is 268 g/mol. The van der Waals surface area contributed by atoms with E-state index in [1.165, 1.54) is 0 Å². The number of hydrogen-bond donors (Lipinski definition) is 1. The summed E-state index contributed by atoms with van der Waals surface area (Å²) in [5.41, 5.74) is 5.77. The molecule has 0 bridgehead atoms. The lowest BCUT2D eigenvalue weighted by Gasteiger charge is -2.14. The van der Waals surface area contributed by atoms with Gasteiger partial charge in [0, 0.05) is 12.4 Å². The van der Waals surface area contributed by atoms with E-state index in [-0.39, 0.29) is 5.71 Å². The normalized spacial score (nSPS) is 12.7. The molecule has 0 aliphatic heterocycles. The van der Waals surface area contributed by atoms with E-state index >= 15 is 0 Å². The number of carbonyl (C=O) groups is 2. The largest absolute Gasteiger partial charge is 0.350 e. The molecular formula is C14H12N4O2. The highest BCUT2D eigenvalue weighted by atomic mass is 16.2. The van der Waals surface area contributed by atoms with Crippen LogP contribution in [0.1, 0.15) is 17.3 Å². The van der Waals surface area contributed by atoms with Gasteiger partial charge in [-0.15, -0.1) is 0 Å². The number of primary amides is 1. The average molecular weight is 268 g/mol. The summed E-state index contributed by atoms with van der Waals surface area (Å²) >= 11 is 0. The Labute approximate surface area is 115 Å². The fourth-order valence-electron chi connectivity index (χ4n) is 1.84. The number of nitrogens with two attached hydrogens (primary N) is 1. The molecule has 1 unspecified atom stereocenters. The molecule has 1 heterocycles. The molecule has 1 aromatic heterocycles. The quantitative estimate of drug-likeness (QED) is 0.668. The fraction of sp³-hybridized carbons (Fsp3) is 0.0714. The number of hydrogen-bond acceptors (Lipinski definition) is 4. The third kappa shape index (κ3) is 3.11. The molecule has 0 spiro atoms. The first-order chi connectivity index (χ1) is 9.72. The van der Waals surface area contributed by atoms with Crippen molar-refractivity contribution >= 4 is 18.0 Å². The fourth-order valence-corrected chi connectivity index (χ4v) is 1.84. The Hall–Kier alpha value is -2.89. The summed E-state index contributed by atoms with van der Waals surface area (Å²) in [7, 11) is 0. The van der Waals surface area contributed by atoms with Gasteiger partial charge in [-0.1, -0.05) is 30.3 Å². The molecule has 6 nitrogen and oxygen atoms in total. The maximum absolute atomic E-state index is 11.2. The van der Waals surface area contributed by atoms with Crippen LogP contribution in [0, 0.1) is 0 Å². The summed E-state index contributed by atoms with van der Waals surface area (Å²) in [5.74, 6) is -0.242. The Morgan fingerprint density at radius 3 is 2.35 bits per heavy atom. The van der Waals surface area contributed by atoms with Gasteiger partial charge in [-0.2, -0.15) is 4.99 Å². The number of rotatable bonds is 4. The number of aliphatic imine (C=N–C) groups is 1. The van der Waals surface area contributed by atoms with Crippen LogP contribution in [0.15, 0.2) is 53.8 Å². The van der Waals surface area contributed by atoms with Gasteiger partial charge in [0.15, 0.2) is 6.29 Å². The summed E-state index contributed by atoms with van der Waals surface area (Å²) in [6.07, 6.45) is 3.62. The third-order valence-corrected chi connectivity index (χ3v) is 2.63. The van der Waals surface area contributed by atoms with E-state index in [1.807, 2.05) is 18.2 Å². The van der Waals surface area contributed by atoms with Crippen molar-refractivity contribution in [3.8, 4) is 0 Å². The Morgan fingerprint density at radius 2 is 1.80 bits per heavy atom. The van der Waals surface area contributed by atoms with Gasteiger partial charge >= 0.3 is 6.03 Å². The van der Waals surface area contributed by atoms with E-state index in [4.69, 9.17) is 5.73 Å². The van der Waals surface area contributed by atoms with Gasteiger partial charge < -0.3 is 5.73 Å². The zero-order valence-electron chi connectivity index (χ0n) is 10.5. The summed E-state index contributed by atoms with van der Waals surface area (Å²) in [5, 5.41) is 0. The molecule has 0 fully saturated rings. The molecule has 2 amide bonds. The van der Waals surface area contributed by atoms with Crippen molar-refractivity contribution in [2.24, 2.45) is 10.7 Å². The standard InChI is InChI=1S/C14H12N4O2/c15-14(20)18-11(9-19)12(10-5-2-1-3-6-10)13-16-7-4-8-17-13/h1-9,12H,(H2,15,20). The van der Waals surface area contributed by atoms with Crippen LogP contribution in [-0.4, -0.2) is 28.0 Å². The van der Waals surface area contributed by atoms with Gasteiger partial charge in [0.25, 0.3) is 0 Å². The van der Waals surface area contributed by atoms with Gasteiger partial charge in [-0.3, -0.25) is 4.79 Å². The summed E-state index contributed by atoms with van der Waals surface area (Å²) < 4.78 is 0. The molecule has 2 rings (SSSR count). The Balaban J connectivity index is 2.56. The van der Waals surface area contributed by atoms with Crippen molar-refractivity contribution in [1.82, 2.24) is 9.97 Å². The third-order valence-electron chi connectivity index (χ3n) is 2.63. The molecule has 2 aromatic rings. The summed E-state index contributed by atoms with van der Waals surface area (Å²) in [4.78, 5) is 34.0. The lowest BCUT2D eigenvalue weighted by Crippen LogP contribution is -2.21. The van der Waals surface area contributed by atoms with Crippen LogP contribution in [0.25, 0.3) is 0 Å². The van der Waals surface area contributed by atoms with Crippen LogP contribution >= 0.6 is 0 Å². The number of aldehydes is 1. The highest BCUT2D eigenvalue weighted by Gasteiger charge is 2.23. The molecule has 0 saturated heterocycles. The van der Waals surface area contributed by atoms with E-state index in [0.29, 0.717) is 12.1 Å². The maximum Gasteiger partial charge on any atom is 0.338 e. The van der Waals surface area contributed by atoms with Gasteiger partial charge in [0.1, 0.15) is 11.5 Å². The van der Waals surface area contributed by atoms with Crippen LogP contribution < -0.4 is 5.73 Å². The zero-order valence-corrected chi connectivity index (χ0v) is 10.5. The predicted octanol–water partition coefficient (Wildman–Crippen LogP) is 1.33. The Bertz CT molecular complexity index is 587. The number of nitrogens with zero attached hydrogens (tertiary/aromatic N) is 3. The summed E-state index contributed by atoms with van der Waals surface area (Å²) in [6, 6.07) is 9.83. The van der Waals surface area contributed by atoms with E-state index in [0.717, 1.165) is 5.56 Å². The Kier molecular flexibility index (Phi) is 4.28. The first kappa shape index (κ1) is 13.5. The van der Waals surface area contributed by atoms with E-state index in [2.05, 4.69) is 15.0 Å². The number of amides is 2. The molecule has 0 aliphatic rings. The maximum atomic E-state index is 11.2. The summed E-state index contributed by atoms with van der Waals surface area (Å²) in [6.45, 7) is 0. The van der Waals surface area contributed by atoms with Crippen molar-refractivity contribution in [3.05, 3.63) is 60.2 Å². The first-order valence-corrected chi connectivity index (χ1v) is 5.87. The lowest BCUT2D eigenvalue weighted by atomic mass is 9.93. The van der Waals surface area contributed by atoms with Crippen molar-refractivity contribution in [3.63, 3.8) is 0 Å². The smallest absolute Gasteiger partial charge is 0.338 e. The van der Waals surface area contributed by atoms with Gasteiger partial charge in [-0.05, 0) is 11.6 Å². The number of urea groups is 1. The van der Waals surface area contributed by atoms with Crippen LogP contribution in [0.2, 0.25) is 0 Å². The Morgan fingerprint density at radius 1 is 1.15 bits per heavy atom. The number of carbonyl (C=O) groups excluding carboxylic acids is 2. The first-order valence-electron chi connectivity index (χ1n) is 5.87. The SMILES string of the molecule is NC(=O)N=C(C=O)C(c1ccccc1)c1ncccn1. The minimum atomic E-state index is -0.927. The van der Waals surface area contributed by atoms with Crippen molar-refractivity contribution < 1.29 is 9.59 Å². The molecule has 100 valence electrons. The van der Waals surface area contributed by atoms with Gasteiger partial charge in [0.05, 0.1) is 5.92 Å². The van der Waals surface area contributed by atoms with Crippen molar-refractivity contribution in [2.45, 2.75) is 5.92 Å². The highest BCUT2D eigenvalue weighted by molar-refractivity contribution is 6.33. The molecule has 1 atom stereocenters. The second kappa shape index (κ2) is 6.33. The molecule has 0 radical (unpaired) electrons. The molecular weight excluding hydrogens is 256 g/mol. The van der Waals surface area contributed by atoms with Gasteiger partial charge in [-0.25, -0.2) is 14.8 Å². The second-order valence-electron chi connectivity index (χ2n) is 3.94. The minimum absolute atomic E-state index is 0.0186.